The fourth-order valence-electron chi connectivity index (χ4n) is 2.68. The molecule has 0 radical (unpaired) electrons. The molecule has 1 aromatic heterocycles. The van der Waals surface area contributed by atoms with E-state index < -0.39 is 15.9 Å². The van der Waals surface area contributed by atoms with Crippen LogP contribution in [0.1, 0.15) is 23.7 Å². The Bertz CT molecular complexity index is 1150. The molecule has 2 aromatic carbocycles. The third-order valence-corrected chi connectivity index (χ3v) is 5.81. The van der Waals surface area contributed by atoms with E-state index in [1.165, 1.54) is 12.4 Å². The molecule has 1 heterocycles. The number of carbonyl (C=O) groups is 1. The van der Waals surface area contributed by atoms with Crippen LogP contribution in [0.2, 0.25) is 5.02 Å². The number of carbonyl (C=O) groups excluding carboxylic acids is 1. The number of sulfonamides is 1. The van der Waals surface area contributed by atoms with Crippen LogP contribution in [0.3, 0.4) is 0 Å². The second-order valence-electron chi connectivity index (χ2n) is 6.00. The molecule has 28 heavy (non-hydrogen) atoms. The van der Waals surface area contributed by atoms with Crippen LogP contribution < -0.4 is 15.8 Å². The number of nitrogen functional groups attached to an aromatic ring is 1. The molecule has 0 aliphatic carbocycles. The van der Waals surface area contributed by atoms with Crippen LogP contribution in [0, 0.1) is 0 Å². The van der Waals surface area contributed by atoms with E-state index in [9.17, 15) is 13.2 Å². The van der Waals surface area contributed by atoms with Crippen molar-refractivity contribution in [2.24, 2.45) is 0 Å². The number of benzene rings is 2. The summed E-state index contributed by atoms with van der Waals surface area (Å²) in [6.45, 7) is 1.76. The monoisotopic (exact) mass is 419 g/mol. The molecule has 10 heteroatoms. The number of halogens is 1. The van der Waals surface area contributed by atoms with Crippen LogP contribution in [-0.4, -0.2) is 30.0 Å². The molecule has 8 nitrogen and oxygen atoms in total. The van der Waals surface area contributed by atoms with Crippen LogP contribution in [0.25, 0.3) is 10.9 Å². The Kier molecular flexibility index (Phi) is 5.66. The van der Waals surface area contributed by atoms with E-state index >= 15 is 0 Å². The first-order valence-electron chi connectivity index (χ1n) is 8.42. The molecule has 146 valence electrons. The molecule has 0 unspecified atom stereocenters. The maximum atomic E-state index is 12.8. The number of hydrogen-bond donors (Lipinski definition) is 3. The normalized spacial score (nSPS) is 11.4. The summed E-state index contributed by atoms with van der Waals surface area (Å²) in [7, 11) is -3.52. The number of amides is 1. The maximum Gasteiger partial charge on any atom is 0.257 e. The van der Waals surface area contributed by atoms with E-state index in [-0.39, 0.29) is 28.0 Å². The SMILES string of the molecule is CCCS(=O)(=O)Nc1cccc(NC(=O)c2cccc3c(N)ncnc23)c1Cl. The number of aromatic nitrogens is 2. The second kappa shape index (κ2) is 7.99. The Morgan fingerprint density at radius 2 is 1.86 bits per heavy atom. The number of fused-ring (bicyclic) bond motifs is 1. The lowest BCUT2D eigenvalue weighted by Crippen LogP contribution is -2.17. The van der Waals surface area contributed by atoms with Gasteiger partial charge in [0.1, 0.15) is 12.1 Å². The lowest BCUT2D eigenvalue weighted by atomic mass is 10.1. The highest BCUT2D eigenvalue weighted by molar-refractivity contribution is 7.92. The van der Waals surface area contributed by atoms with Crippen molar-refractivity contribution >= 4 is 55.6 Å². The highest BCUT2D eigenvalue weighted by Crippen LogP contribution is 2.31. The summed E-state index contributed by atoms with van der Waals surface area (Å²) in [5.74, 6) is -0.221. The van der Waals surface area contributed by atoms with E-state index in [0.29, 0.717) is 22.9 Å². The van der Waals surface area contributed by atoms with E-state index in [4.69, 9.17) is 17.3 Å². The smallest absolute Gasteiger partial charge is 0.257 e. The minimum Gasteiger partial charge on any atom is -0.383 e. The van der Waals surface area contributed by atoms with E-state index in [1.807, 2.05) is 0 Å². The van der Waals surface area contributed by atoms with Gasteiger partial charge < -0.3 is 11.1 Å². The van der Waals surface area contributed by atoms with Gasteiger partial charge in [-0.25, -0.2) is 18.4 Å². The molecule has 0 spiro atoms. The standard InChI is InChI=1S/C18H18ClN5O3S/c1-2-9-28(26,27)24-14-8-4-7-13(15(14)19)23-18(25)12-6-3-5-11-16(12)21-10-22-17(11)20/h3-8,10,24H,2,9H2,1H3,(H,23,25)(H2,20,21,22). The van der Waals surface area contributed by atoms with Gasteiger partial charge >= 0.3 is 0 Å². The van der Waals surface area contributed by atoms with Crippen molar-refractivity contribution < 1.29 is 13.2 Å². The van der Waals surface area contributed by atoms with Crippen LogP contribution in [0.5, 0.6) is 0 Å². The Morgan fingerprint density at radius 3 is 2.61 bits per heavy atom. The molecule has 0 fully saturated rings. The number of rotatable bonds is 6. The highest BCUT2D eigenvalue weighted by atomic mass is 35.5. The fourth-order valence-corrected chi connectivity index (χ4v) is 4.10. The van der Waals surface area contributed by atoms with Gasteiger partial charge in [0.15, 0.2) is 0 Å². The van der Waals surface area contributed by atoms with Gasteiger partial charge in [0.25, 0.3) is 5.91 Å². The third-order valence-electron chi connectivity index (χ3n) is 3.93. The second-order valence-corrected chi connectivity index (χ2v) is 8.22. The first-order chi connectivity index (χ1) is 13.3. The fraction of sp³-hybridized carbons (Fsp3) is 0.167. The van der Waals surface area contributed by atoms with Crippen molar-refractivity contribution in [3.8, 4) is 0 Å². The molecular formula is C18H18ClN5O3S. The molecule has 0 saturated heterocycles. The van der Waals surface area contributed by atoms with E-state index in [2.05, 4.69) is 20.0 Å². The summed E-state index contributed by atoms with van der Waals surface area (Å²) in [4.78, 5) is 20.8. The Balaban J connectivity index is 1.92. The van der Waals surface area contributed by atoms with Gasteiger partial charge in [0.2, 0.25) is 10.0 Å². The minimum absolute atomic E-state index is 0.0307. The van der Waals surface area contributed by atoms with Gasteiger partial charge in [-0.2, -0.15) is 0 Å². The van der Waals surface area contributed by atoms with Crippen molar-refractivity contribution in [1.29, 1.82) is 0 Å². The molecule has 3 rings (SSSR count). The molecule has 0 bridgehead atoms. The van der Waals surface area contributed by atoms with Gasteiger partial charge in [0.05, 0.1) is 33.2 Å². The number of nitrogens with zero attached hydrogens (tertiary/aromatic N) is 2. The van der Waals surface area contributed by atoms with Crippen molar-refractivity contribution in [3.63, 3.8) is 0 Å². The molecular weight excluding hydrogens is 402 g/mol. The van der Waals surface area contributed by atoms with Crippen molar-refractivity contribution in [2.45, 2.75) is 13.3 Å². The Hall–Kier alpha value is -2.91. The number of hydrogen-bond acceptors (Lipinski definition) is 6. The van der Waals surface area contributed by atoms with Crippen LogP contribution in [0.15, 0.2) is 42.7 Å². The summed E-state index contributed by atoms with van der Waals surface area (Å²) >= 11 is 6.30. The largest absolute Gasteiger partial charge is 0.383 e. The zero-order valence-electron chi connectivity index (χ0n) is 14.9. The first-order valence-corrected chi connectivity index (χ1v) is 10.4. The zero-order chi connectivity index (χ0) is 20.3. The molecule has 0 atom stereocenters. The minimum atomic E-state index is -3.52. The van der Waals surface area contributed by atoms with Gasteiger partial charge in [0, 0.05) is 5.39 Å². The molecule has 0 aliphatic heterocycles. The van der Waals surface area contributed by atoms with Crippen molar-refractivity contribution in [3.05, 3.63) is 53.3 Å². The van der Waals surface area contributed by atoms with Gasteiger partial charge in [-0.3, -0.25) is 9.52 Å². The van der Waals surface area contributed by atoms with Crippen molar-refractivity contribution in [1.82, 2.24) is 9.97 Å². The first kappa shape index (κ1) is 19.8. The third kappa shape index (κ3) is 4.15. The topological polar surface area (TPSA) is 127 Å². The van der Waals surface area contributed by atoms with Gasteiger partial charge in [-0.05, 0) is 30.7 Å². The van der Waals surface area contributed by atoms with Crippen LogP contribution >= 0.6 is 11.6 Å². The summed E-state index contributed by atoms with van der Waals surface area (Å²) in [6, 6.07) is 9.69. The summed E-state index contributed by atoms with van der Waals surface area (Å²) in [6.07, 6.45) is 1.75. The molecule has 1 amide bonds. The number of anilines is 3. The lowest BCUT2D eigenvalue weighted by molar-refractivity contribution is 0.102. The van der Waals surface area contributed by atoms with E-state index in [0.717, 1.165) is 0 Å². The molecule has 4 N–H and O–H groups in total. The summed E-state index contributed by atoms with van der Waals surface area (Å²) in [5, 5.41) is 3.33. The Labute approximate surface area is 167 Å². The number of para-hydroxylation sites is 1. The average Bonchev–Trinajstić information content (AvgIpc) is 2.64. The predicted octanol–water partition coefficient (Wildman–Crippen LogP) is 3.27. The highest BCUT2D eigenvalue weighted by Gasteiger charge is 2.17. The quantitative estimate of drug-likeness (QED) is 0.562. The lowest BCUT2D eigenvalue weighted by Gasteiger charge is -2.13. The Morgan fingerprint density at radius 1 is 1.14 bits per heavy atom. The van der Waals surface area contributed by atoms with Gasteiger partial charge in [-0.1, -0.05) is 30.7 Å². The summed E-state index contributed by atoms with van der Waals surface area (Å²) in [5.41, 5.74) is 6.99. The molecule has 3 aromatic rings. The molecule has 0 saturated carbocycles. The molecule has 0 aliphatic rings. The number of nitrogens with one attached hydrogen (secondary N) is 2. The van der Waals surface area contributed by atoms with E-state index in [1.54, 1.807) is 37.3 Å². The zero-order valence-corrected chi connectivity index (χ0v) is 16.5. The number of nitrogens with two attached hydrogens (primary N) is 1. The summed E-state index contributed by atoms with van der Waals surface area (Å²) < 4.78 is 26.4. The van der Waals surface area contributed by atoms with Crippen molar-refractivity contribution in [2.75, 3.05) is 21.5 Å². The van der Waals surface area contributed by atoms with Gasteiger partial charge in [-0.15, -0.1) is 0 Å². The van der Waals surface area contributed by atoms with Crippen LogP contribution in [0.4, 0.5) is 17.2 Å². The maximum absolute atomic E-state index is 12.8. The van der Waals surface area contributed by atoms with Crippen LogP contribution in [-0.2, 0) is 10.0 Å². The predicted molar refractivity (Wildman–Crippen MR) is 111 cm³/mol. The average molecular weight is 420 g/mol.